The van der Waals surface area contributed by atoms with Crippen LogP contribution in [-0.2, 0) is 0 Å². The van der Waals surface area contributed by atoms with Crippen molar-refractivity contribution in [2.45, 2.75) is 0 Å². The number of nitrogens with zero attached hydrogens (tertiary/aromatic N) is 5. The summed E-state index contributed by atoms with van der Waals surface area (Å²) in [6.07, 6.45) is 4.56. The molecule has 10 heteroatoms. The molecule has 0 amide bonds. The third-order valence-corrected chi connectivity index (χ3v) is 3.88. The first kappa shape index (κ1) is 18.0. The molecule has 0 atom stereocenters. The molecule has 0 fully saturated rings. The summed E-state index contributed by atoms with van der Waals surface area (Å²) in [5, 5.41) is 15.5. The van der Waals surface area contributed by atoms with Crippen molar-refractivity contribution in [1.82, 2.24) is 15.4 Å². The van der Waals surface area contributed by atoms with Crippen LogP contribution >= 0.6 is 0 Å². The first-order chi connectivity index (χ1) is 14.2. The van der Waals surface area contributed by atoms with Gasteiger partial charge in [0.1, 0.15) is 5.69 Å². The number of pyridine rings is 2. The summed E-state index contributed by atoms with van der Waals surface area (Å²) in [5.74, 6) is 1.55. The summed E-state index contributed by atoms with van der Waals surface area (Å²) < 4.78 is 10.5. The zero-order chi connectivity index (χ0) is 20.1. The maximum absolute atomic E-state index is 11.4. The van der Waals surface area contributed by atoms with Crippen molar-refractivity contribution in [3.63, 3.8) is 0 Å². The van der Waals surface area contributed by atoms with E-state index in [1.54, 1.807) is 42.7 Å². The highest BCUT2D eigenvalue weighted by Gasteiger charge is 2.22. The largest absolute Gasteiger partial charge is 0.454 e. The van der Waals surface area contributed by atoms with E-state index in [9.17, 15) is 10.1 Å². The smallest absolute Gasteiger partial charge is 0.282 e. The molecule has 1 N–H and O–H groups in total. The van der Waals surface area contributed by atoms with Crippen LogP contribution in [0.5, 0.6) is 11.5 Å². The van der Waals surface area contributed by atoms with Crippen LogP contribution in [0.2, 0.25) is 0 Å². The molecule has 0 aliphatic carbocycles. The third kappa shape index (κ3) is 4.16. The second-order valence-corrected chi connectivity index (χ2v) is 5.75. The fourth-order valence-electron chi connectivity index (χ4n) is 2.55. The lowest BCUT2D eigenvalue weighted by Gasteiger charge is -2.05. The Morgan fingerprint density at radius 3 is 2.55 bits per heavy atom. The van der Waals surface area contributed by atoms with Gasteiger partial charge >= 0.3 is 0 Å². The molecule has 3 heterocycles. The number of hydrogen-bond donors (Lipinski definition) is 1. The number of nitro benzene ring substituents is 1. The van der Waals surface area contributed by atoms with E-state index in [1.165, 1.54) is 18.3 Å². The predicted molar refractivity (Wildman–Crippen MR) is 105 cm³/mol. The van der Waals surface area contributed by atoms with Crippen LogP contribution in [0.1, 0.15) is 11.3 Å². The van der Waals surface area contributed by atoms with Crippen LogP contribution in [0.4, 0.5) is 11.5 Å². The number of aromatic nitrogens is 2. The summed E-state index contributed by atoms with van der Waals surface area (Å²) in [7, 11) is 0. The van der Waals surface area contributed by atoms with Crippen molar-refractivity contribution in [3.8, 4) is 11.5 Å². The fraction of sp³-hybridized carbons (Fsp3) is 0.0526. The predicted octanol–water partition coefficient (Wildman–Crippen LogP) is 2.82. The van der Waals surface area contributed by atoms with Crippen LogP contribution in [0, 0.1) is 10.1 Å². The minimum atomic E-state index is -0.509. The van der Waals surface area contributed by atoms with Gasteiger partial charge in [-0.15, -0.1) is 0 Å². The summed E-state index contributed by atoms with van der Waals surface area (Å²) in [4.78, 5) is 23.7. The second kappa shape index (κ2) is 8.13. The van der Waals surface area contributed by atoms with Crippen LogP contribution in [0.15, 0.2) is 71.0 Å². The Kier molecular flexibility index (Phi) is 5.06. The first-order valence-corrected chi connectivity index (χ1v) is 8.49. The summed E-state index contributed by atoms with van der Waals surface area (Å²) in [5.41, 5.74) is 3.43. The number of rotatable bonds is 5. The molecule has 0 saturated heterocycles. The van der Waals surface area contributed by atoms with E-state index < -0.39 is 4.92 Å². The van der Waals surface area contributed by atoms with E-state index >= 15 is 0 Å². The average molecular weight is 390 g/mol. The lowest BCUT2D eigenvalue weighted by Crippen LogP contribution is -2.20. The summed E-state index contributed by atoms with van der Waals surface area (Å²) in [6.45, 7) is 0.0197. The molecule has 4 rings (SSSR count). The Balaban J connectivity index is 1.64. The number of ether oxygens (including phenoxy) is 2. The topological polar surface area (TPSA) is 124 Å². The van der Waals surface area contributed by atoms with Gasteiger partial charge in [-0.25, -0.2) is 9.98 Å². The van der Waals surface area contributed by atoms with Crippen LogP contribution in [0.3, 0.4) is 0 Å². The lowest BCUT2D eigenvalue weighted by molar-refractivity contribution is -0.385. The molecule has 144 valence electrons. The maximum Gasteiger partial charge on any atom is 0.282 e. The Hall–Kier alpha value is -4.34. The van der Waals surface area contributed by atoms with Gasteiger partial charge < -0.3 is 9.47 Å². The van der Waals surface area contributed by atoms with E-state index in [4.69, 9.17) is 9.47 Å². The molecule has 0 spiro atoms. The number of nitro groups is 1. The molecule has 0 unspecified atom stereocenters. The number of benzene rings is 1. The van der Waals surface area contributed by atoms with Gasteiger partial charge in [0.05, 0.1) is 22.8 Å². The molecule has 0 radical (unpaired) electrons. The number of fused-ring (bicyclic) bond motifs is 1. The molecular weight excluding hydrogens is 376 g/mol. The van der Waals surface area contributed by atoms with Crippen molar-refractivity contribution >= 4 is 23.6 Å². The standard InChI is InChI=1S/C19H14N6O4/c26-25(27)15-10-17-16(28-12-29-17)9-13(15)11-22-24-19(14-5-1-3-7-20-14)23-18-6-2-4-8-21-18/h1-11H,12H2,(H,21,23,24)/b22-11+. The third-order valence-electron chi connectivity index (χ3n) is 3.88. The molecule has 3 aromatic rings. The molecule has 2 aromatic heterocycles. The number of amidine groups is 1. The molecule has 1 aliphatic heterocycles. The normalized spacial score (nSPS) is 12.9. The Labute approximate surface area is 164 Å². The summed E-state index contributed by atoms with van der Waals surface area (Å²) in [6, 6.07) is 13.5. The quantitative estimate of drug-likeness (QED) is 0.307. The van der Waals surface area contributed by atoms with Crippen molar-refractivity contribution in [3.05, 3.63) is 82.3 Å². The number of hydrazone groups is 1. The number of hydrogen-bond acceptors (Lipinski definition) is 8. The van der Waals surface area contributed by atoms with Crippen molar-refractivity contribution in [1.29, 1.82) is 0 Å². The lowest BCUT2D eigenvalue weighted by atomic mass is 10.1. The average Bonchev–Trinajstić information content (AvgIpc) is 3.21. The zero-order valence-corrected chi connectivity index (χ0v) is 14.9. The molecule has 1 aliphatic rings. The first-order valence-electron chi connectivity index (χ1n) is 8.49. The summed E-state index contributed by atoms with van der Waals surface area (Å²) >= 11 is 0. The van der Waals surface area contributed by atoms with E-state index in [0.717, 1.165) is 0 Å². The van der Waals surface area contributed by atoms with E-state index in [-0.39, 0.29) is 18.0 Å². The fourth-order valence-corrected chi connectivity index (χ4v) is 2.55. The van der Waals surface area contributed by atoms with Gasteiger partial charge in [0.2, 0.25) is 6.79 Å². The number of nitrogens with one attached hydrogen (secondary N) is 1. The molecule has 29 heavy (non-hydrogen) atoms. The van der Waals surface area contributed by atoms with Crippen molar-refractivity contribution in [2.24, 2.45) is 10.1 Å². The monoisotopic (exact) mass is 390 g/mol. The Morgan fingerprint density at radius 1 is 1.10 bits per heavy atom. The van der Waals surface area contributed by atoms with Crippen LogP contribution in [0.25, 0.3) is 0 Å². The van der Waals surface area contributed by atoms with E-state index in [2.05, 4.69) is 25.5 Å². The molecule has 10 nitrogen and oxygen atoms in total. The van der Waals surface area contributed by atoms with Gasteiger partial charge in [-0.2, -0.15) is 5.10 Å². The molecule has 0 bridgehead atoms. The van der Waals surface area contributed by atoms with Gasteiger partial charge in [-0.1, -0.05) is 12.1 Å². The highest BCUT2D eigenvalue weighted by Crippen LogP contribution is 2.37. The van der Waals surface area contributed by atoms with Gasteiger partial charge in [0.25, 0.3) is 5.69 Å². The Morgan fingerprint density at radius 2 is 1.86 bits per heavy atom. The van der Waals surface area contributed by atoms with Gasteiger partial charge in [-0.3, -0.25) is 20.5 Å². The molecule has 0 saturated carbocycles. The van der Waals surface area contributed by atoms with Crippen molar-refractivity contribution < 1.29 is 14.4 Å². The van der Waals surface area contributed by atoms with Gasteiger partial charge in [0.15, 0.2) is 23.2 Å². The van der Waals surface area contributed by atoms with Gasteiger partial charge in [0, 0.05) is 12.4 Å². The maximum atomic E-state index is 11.4. The highest BCUT2D eigenvalue weighted by molar-refractivity contribution is 5.99. The minimum Gasteiger partial charge on any atom is -0.454 e. The second-order valence-electron chi connectivity index (χ2n) is 5.75. The Bertz CT molecular complexity index is 1090. The number of aliphatic imine (C=N–C) groups is 1. The SMILES string of the molecule is O=[N+]([O-])c1cc2c(cc1/C=N/N/C(=N/c1ccccn1)c1ccccn1)OCO2. The van der Waals surface area contributed by atoms with Crippen LogP contribution < -0.4 is 14.9 Å². The van der Waals surface area contributed by atoms with E-state index in [1.807, 2.05) is 6.07 Å². The van der Waals surface area contributed by atoms with Crippen LogP contribution in [-0.4, -0.2) is 33.7 Å². The van der Waals surface area contributed by atoms with Gasteiger partial charge in [-0.05, 0) is 30.3 Å². The zero-order valence-electron chi connectivity index (χ0n) is 14.9. The molecule has 1 aromatic carbocycles. The minimum absolute atomic E-state index is 0.0197. The van der Waals surface area contributed by atoms with E-state index in [0.29, 0.717) is 28.8 Å². The van der Waals surface area contributed by atoms with Crippen molar-refractivity contribution in [2.75, 3.05) is 6.79 Å². The molecular formula is C19H14N6O4. The highest BCUT2D eigenvalue weighted by atomic mass is 16.7.